The standard InChI is InChI=1S/C19H38O2Si2/c1-11-14(3)16-13-17(20-22(5,6)7)19(21-23(8,9)10)18(16)15(4)12-2/h14-15H,11-13H2,1-10H3. The Morgan fingerprint density at radius 3 is 1.70 bits per heavy atom. The van der Waals surface area contributed by atoms with Crippen LogP contribution in [0.5, 0.6) is 0 Å². The first kappa shape index (κ1) is 20.6. The van der Waals surface area contributed by atoms with Gasteiger partial charge in [0.25, 0.3) is 0 Å². The molecule has 0 heterocycles. The third-order valence-corrected chi connectivity index (χ3v) is 6.02. The Bertz CT molecular complexity index is 479. The van der Waals surface area contributed by atoms with Crippen LogP contribution >= 0.6 is 0 Å². The van der Waals surface area contributed by atoms with Crippen LogP contribution in [0.15, 0.2) is 22.7 Å². The van der Waals surface area contributed by atoms with E-state index in [1.807, 2.05) is 0 Å². The maximum Gasteiger partial charge on any atom is 0.242 e. The highest BCUT2D eigenvalue weighted by Crippen LogP contribution is 2.44. The van der Waals surface area contributed by atoms with Gasteiger partial charge in [0, 0.05) is 6.42 Å². The Morgan fingerprint density at radius 1 is 0.826 bits per heavy atom. The Balaban J connectivity index is 3.37. The average molecular weight is 355 g/mol. The molecule has 0 aromatic carbocycles. The van der Waals surface area contributed by atoms with Crippen LogP contribution in [0.25, 0.3) is 0 Å². The minimum absolute atomic E-state index is 0.535. The van der Waals surface area contributed by atoms with Crippen LogP contribution in [-0.4, -0.2) is 16.6 Å². The summed E-state index contributed by atoms with van der Waals surface area (Å²) in [6.07, 6.45) is 3.28. The number of allylic oxidation sites excluding steroid dienone is 2. The minimum atomic E-state index is -1.67. The topological polar surface area (TPSA) is 18.5 Å². The summed E-state index contributed by atoms with van der Waals surface area (Å²) in [6.45, 7) is 22.8. The lowest BCUT2D eigenvalue weighted by molar-refractivity contribution is 0.343. The number of rotatable bonds is 8. The molecule has 23 heavy (non-hydrogen) atoms. The third-order valence-electron chi connectivity index (χ3n) is 4.34. The molecule has 1 aliphatic carbocycles. The highest BCUT2D eigenvalue weighted by Gasteiger charge is 2.36. The van der Waals surface area contributed by atoms with Gasteiger partial charge in [-0.3, -0.25) is 0 Å². The second-order valence-electron chi connectivity index (χ2n) is 8.92. The first-order valence-corrected chi connectivity index (χ1v) is 16.1. The largest absolute Gasteiger partial charge is 0.544 e. The van der Waals surface area contributed by atoms with Crippen LogP contribution in [0.3, 0.4) is 0 Å². The molecule has 0 aromatic heterocycles. The SMILES string of the molecule is CCC(C)C1=C(C(C)CC)C(O[Si](C)(C)C)=C(O[Si](C)(C)C)C1. The molecule has 0 radical (unpaired) electrons. The third kappa shape index (κ3) is 5.82. The lowest BCUT2D eigenvalue weighted by atomic mass is 9.88. The molecule has 0 fully saturated rings. The van der Waals surface area contributed by atoms with E-state index >= 15 is 0 Å². The van der Waals surface area contributed by atoms with Gasteiger partial charge in [0.2, 0.25) is 16.6 Å². The molecule has 0 amide bonds. The summed E-state index contributed by atoms with van der Waals surface area (Å²) in [5.74, 6) is 3.36. The van der Waals surface area contributed by atoms with Gasteiger partial charge in [-0.05, 0) is 69.5 Å². The van der Waals surface area contributed by atoms with E-state index in [-0.39, 0.29) is 0 Å². The van der Waals surface area contributed by atoms with Gasteiger partial charge in [0.1, 0.15) is 11.5 Å². The molecular formula is C19H38O2Si2. The smallest absolute Gasteiger partial charge is 0.242 e. The summed E-state index contributed by atoms with van der Waals surface area (Å²) in [4.78, 5) is 0. The van der Waals surface area contributed by atoms with Crippen LogP contribution in [0.4, 0.5) is 0 Å². The van der Waals surface area contributed by atoms with Crippen LogP contribution in [0.2, 0.25) is 39.3 Å². The van der Waals surface area contributed by atoms with Crippen molar-refractivity contribution in [2.45, 2.75) is 86.2 Å². The molecule has 1 rings (SSSR count). The van der Waals surface area contributed by atoms with Gasteiger partial charge in [-0.2, -0.15) is 0 Å². The van der Waals surface area contributed by atoms with E-state index in [9.17, 15) is 0 Å². The Hall–Kier alpha value is -0.486. The van der Waals surface area contributed by atoms with E-state index in [1.54, 1.807) is 5.57 Å². The van der Waals surface area contributed by atoms with Crippen molar-refractivity contribution in [3.05, 3.63) is 22.7 Å². The zero-order chi connectivity index (χ0) is 18.0. The van der Waals surface area contributed by atoms with Crippen molar-refractivity contribution in [1.82, 2.24) is 0 Å². The maximum atomic E-state index is 6.58. The average Bonchev–Trinajstić information content (AvgIpc) is 2.71. The van der Waals surface area contributed by atoms with Crippen molar-refractivity contribution in [1.29, 1.82) is 0 Å². The molecule has 0 aliphatic heterocycles. The molecule has 134 valence electrons. The van der Waals surface area contributed by atoms with Crippen molar-refractivity contribution < 1.29 is 8.85 Å². The molecular weight excluding hydrogens is 316 g/mol. The van der Waals surface area contributed by atoms with E-state index in [2.05, 4.69) is 67.0 Å². The molecule has 0 N–H and O–H groups in total. The quantitative estimate of drug-likeness (QED) is 0.452. The zero-order valence-electron chi connectivity index (χ0n) is 17.1. The van der Waals surface area contributed by atoms with E-state index in [4.69, 9.17) is 8.85 Å². The van der Waals surface area contributed by atoms with Crippen molar-refractivity contribution in [3.8, 4) is 0 Å². The van der Waals surface area contributed by atoms with Crippen LogP contribution in [0.1, 0.15) is 47.0 Å². The molecule has 2 atom stereocenters. The minimum Gasteiger partial charge on any atom is -0.544 e. The van der Waals surface area contributed by atoms with E-state index in [1.165, 1.54) is 12.0 Å². The Labute approximate surface area is 146 Å². The molecule has 4 heteroatoms. The molecule has 2 unspecified atom stereocenters. The van der Waals surface area contributed by atoms with E-state index < -0.39 is 16.6 Å². The van der Waals surface area contributed by atoms with Gasteiger partial charge in [0.05, 0.1) is 0 Å². The van der Waals surface area contributed by atoms with Gasteiger partial charge in [-0.25, -0.2) is 0 Å². The normalized spacial score (nSPS) is 19.2. The van der Waals surface area contributed by atoms with Gasteiger partial charge < -0.3 is 8.85 Å². The summed E-state index contributed by atoms with van der Waals surface area (Å²) in [6, 6.07) is 0. The first-order chi connectivity index (χ1) is 10.4. The van der Waals surface area contributed by atoms with Crippen LogP contribution in [0, 0.1) is 11.8 Å². The highest BCUT2D eigenvalue weighted by molar-refractivity contribution is 6.70. The summed E-state index contributed by atoms with van der Waals surface area (Å²) in [5.41, 5.74) is 3.01. The van der Waals surface area contributed by atoms with E-state index in [0.29, 0.717) is 11.8 Å². The fourth-order valence-corrected chi connectivity index (χ4v) is 4.69. The van der Waals surface area contributed by atoms with Crippen molar-refractivity contribution >= 4 is 16.6 Å². The second kappa shape index (κ2) is 7.60. The first-order valence-electron chi connectivity index (χ1n) is 9.24. The highest BCUT2D eigenvalue weighted by atomic mass is 28.4. The van der Waals surface area contributed by atoms with Crippen molar-refractivity contribution in [2.75, 3.05) is 0 Å². The molecule has 0 bridgehead atoms. The maximum absolute atomic E-state index is 6.58. The molecule has 1 aliphatic rings. The summed E-state index contributed by atoms with van der Waals surface area (Å²) in [7, 11) is -3.31. The lowest BCUT2D eigenvalue weighted by Gasteiger charge is -2.28. The van der Waals surface area contributed by atoms with Gasteiger partial charge in [0.15, 0.2) is 0 Å². The fraction of sp³-hybridized carbons (Fsp3) is 0.789. The Kier molecular flexibility index (Phi) is 6.79. The molecule has 0 saturated heterocycles. The Morgan fingerprint density at radius 2 is 1.30 bits per heavy atom. The van der Waals surface area contributed by atoms with E-state index in [0.717, 1.165) is 24.4 Å². The second-order valence-corrected chi connectivity index (χ2v) is 17.8. The summed E-state index contributed by atoms with van der Waals surface area (Å²) < 4.78 is 13.1. The predicted octanol–water partition coefficient (Wildman–Crippen LogP) is 6.69. The molecule has 2 nitrogen and oxygen atoms in total. The summed E-state index contributed by atoms with van der Waals surface area (Å²) in [5, 5.41) is 0. The van der Waals surface area contributed by atoms with Crippen molar-refractivity contribution in [3.63, 3.8) is 0 Å². The van der Waals surface area contributed by atoms with Gasteiger partial charge in [-0.1, -0.05) is 33.3 Å². The lowest BCUT2D eigenvalue weighted by Crippen LogP contribution is -2.29. The molecule has 0 aromatic rings. The van der Waals surface area contributed by atoms with Gasteiger partial charge in [-0.15, -0.1) is 0 Å². The molecule has 0 spiro atoms. The zero-order valence-corrected chi connectivity index (χ0v) is 19.1. The van der Waals surface area contributed by atoms with Crippen molar-refractivity contribution in [2.24, 2.45) is 11.8 Å². The van der Waals surface area contributed by atoms with Crippen LogP contribution in [-0.2, 0) is 8.85 Å². The monoisotopic (exact) mass is 354 g/mol. The number of hydrogen-bond donors (Lipinski definition) is 0. The molecule has 0 saturated carbocycles. The van der Waals surface area contributed by atoms with Gasteiger partial charge >= 0.3 is 0 Å². The predicted molar refractivity (Wildman–Crippen MR) is 106 cm³/mol. The summed E-state index contributed by atoms with van der Waals surface area (Å²) >= 11 is 0. The fourth-order valence-electron chi connectivity index (χ4n) is 2.95. The number of hydrogen-bond acceptors (Lipinski definition) is 2. The van der Waals surface area contributed by atoms with Crippen LogP contribution < -0.4 is 0 Å².